The molecule has 32 heavy (non-hydrogen) atoms. The number of thioether (sulfide) groups is 1. The van der Waals surface area contributed by atoms with Gasteiger partial charge in [0.25, 0.3) is 5.91 Å². The number of hydrogen-bond donors (Lipinski definition) is 0. The summed E-state index contributed by atoms with van der Waals surface area (Å²) in [6.45, 7) is 2.98. The molecule has 6 heteroatoms. The molecule has 0 saturated carbocycles. The third kappa shape index (κ3) is 5.21. The zero-order valence-electron chi connectivity index (χ0n) is 17.9. The minimum absolute atomic E-state index is 0.0809. The Kier molecular flexibility index (Phi) is 6.93. The van der Waals surface area contributed by atoms with Crippen molar-refractivity contribution in [1.82, 2.24) is 4.90 Å². The molecule has 1 amide bonds. The predicted molar refractivity (Wildman–Crippen MR) is 134 cm³/mol. The monoisotopic (exact) mass is 461 g/mol. The van der Waals surface area contributed by atoms with Crippen molar-refractivity contribution in [3.8, 4) is 11.5 Å². The molecule has 1 fully saturated rings. The first-order chi connectivity index (χ1) is 15.5. The Hall–Kier alpha value is -3.09. The van der Waals surface area contributed by atoms with E-state index >= 15 is 0 Å². The predicted octanol–water partition coefficient (Wildman–Crippen LogP) is 5.98. The van der Waals surface area contributed by atoms with Gasteiger partial charge in [-0.2, -0.15) is 0 Å². The lowest BCUT2D eigenvalue weighted by Crippen LogP contribution is -2.27. The number of amides is 1. The van der Waals surface area contributed by atoms with E-state index in [0.29, 0.717) is 33.9 Å². The first kappa shape index (κ1) is 22.1. The van der Waals surface area contributed by atoms with Crippen LogP contribution >= 0.6 is 24.0 Å². The minimum Gasteiger partial charge on any atom is -0.493 e. The summed E-state index contributed by atoms with van der Waals surface area (Å²) >= 11 is 6.77. The van der Waals surface area contributed by atoms with Crippen LogP contribution in [0, 0.1) is 6.92 Å². The van der Waals surface area contributed by atoms with E-state index in [1.54, 1.807) is 12.0 Å². The highest BCUT2D eigenvalue weighted by molar-refractivity contribution is 8.26. The molecule has 0 aliphatic carbocycles. The average molecular weight is 462 g/mol. The second-order valence-corrected chi connectivity index (χ2v) is 9.12. The molecule has 4 rings (SSSR count). The number of benzene rings is 3. The fourth-order valence-corrected chi connectivity index (χ4v) is 4.66. The number of hydrogen-bond acceptors (Lipinski definition) is 5. The smallest absolute Gasteiger partial charge is 0.266 e. The van der Waals surface area contributed by atoms with Gasteiger partial charge in [-0.15, -0.1) is 0 Å². The van der Waals surface area contributed by atoms with Gasteiger partial charge in [0.15, 0.2) is 11.5 Å². The van der Waals surface area contributed by atoms with Gasteiger partial charge in [0.1, 0.15) is 10.9 Å². The molecule has 4 nitrogen and oxygen atoms in total. The molecule has 3 aromatic carbocycles. The SMILES string of the molecule is COc1cc(/C=C2\SC(=S)N(Cc3ccccc3)C2=O)ccc1OCc1cccc(C)c1. The number of carbonyl (C=O) groups excluding carboxylic acids is 1. The van der Waals surface area contributed by atoms with Gasteiger partial charge in [-0.3, -0.25) is 9.69 Å². The number of aryl methyl sites for hydroxylation is 1. The Morgan fingerprint density at radius 2 is 1.75 bits per heavy atom. The van der Waals surface area contributed by atoms with Gasteiger partial charge in [0.2, 0.25) is 0 Å². The topological polar surface area (TPSA) is 38.8 Å². The quantitative estimate of drug-likeness (QED) is 0.319. The second-order valence-electron chi connectivity index (χ2n) is 7.44. The van der Waals surface area contributed by atoms with Crippen LogP contribution in [0.4, 0.5) is 0 Å². The van der Waals surface area contributed by atoms with Crippen LogP contribution in [0.2, 0.25) is 0 Å². The average Bonchev–Trinajstić information content (AvgIpc) is 3.06. The van der Waals surface area contributed by atoms with Crippen molar-refractivity contribution in [1.29, 1.82) is 0 Å². The molecule has 0 aromatic heterocycles. The summed E-state index contributed by atoms with van der Waals surface area (Å²) < 4.78 is 12.1. The summed E-state index contributed by atoms with van der Waals surface area (Å²) in [7, 11) is 1.61. The molecule has 0 unspecified atom stereocenters. The van der Waals surface area contributed by atoms with E-state index in [4.69, 9.17) is 21.7 Å². The number of rotatable bonds is 7. The third-order valence-corrected chi connectivity index (χ3v) is 6.40. The lowest BCUT2D eigenvalue weighted by molar-refractivity contribution is -0.122. The first-order valence-corrected chi connectivity index (χ1v) is 11.4. The van der Waals surface area contributed by atoms with Gasteiger partial charge in [0.05, 0.1) is 18.6 Å². The van der Waals surface area contributed by atoms with Crippen LogP contribution < -0.4 is 9.47 Å². The van der Waals surface area contributed by atoms with Crippen LogP contribution in [0.3, 0.4) is 0 Å². The van der Waals surface area contributed by atoms with Gasteiger partial charge < -0.3 is 9.47 Å². The third-order valence-electron chi connectivity index (χ3n) is 5.02. The lowest BCUT2D eigenvalue weighted by Gasteiger charge is -2.14. The molecular weight excluding hydrogens is 438 g/mol. The van der Waals surface area contributed by atoms with Crippen molar-refractivity contribution in [2.24, 2.45) is 0 Å². The van der Waals surface area contributed by atoms with Gasteiger partial charge in [-0.05, 0) is 41.8 Å². The van der Waals surface area contributed by atoms with E-state index in [0.717, 1.165) is 16.7 Å². The molecule has 1 saturated heterocycles. The van der Waals surface area contributed by atoms with Crippen LogP contribution in [0.5, 0.6) is 11.5 Å². The number of thiocarbonyl (C=S) groups is 1. The van der Waals surface area contributed by atoms with Crippen LogP contribution in [-0.4, -0.2) is 22.2 Å². The zero-order chi connectivity index (χ0) is 22.5. The Balaban J connectivity index is 1.48. The second kappa shape index (κ2) is 10.0. The van der Waals surface area contributed by atoms with Crippen LogP contribution in [0.25, 0.3) is 6.08 Å². The molecule has 1 aliphatic rings. The molecule has 0 bridgehead atoms. The van der Waals surface area contributed by atoms with Crippen LogP contribution in [-0.2, 0) is 17.9 Å². The number of ether oxygens (including phenoxy) is 2. The van der Waals surface area contributed by atoms with Crippen molar-refractivity contribution >= 4 is 40.3 Å². The fraction of sp³-hybridized carbons (Fsp3) is 0.154. The van der Waals surface area contributed by atoms with E-state index in [1.807, 2.05) is 66.7 Å². The van der Waals surface area contributed by atoms with Crippen LogP contribution in [0.1, 0.15) is 22.3 Å². The fourth-order valence-electron chi connectivity index (χ4n) is 3.41. The maximum absolute atomic E-state index is 12.9. The van der Waals surface area contributed by atoms with E-state index in [-0.39, 0.29) is 5.91 Å². The molecule has 0 N–H and O–H groups in total. The largest absolute Gasteiger partial charge is 0.493 e. The standard InChI is InChI=1S/C26H23NO3S2/c1-18-7-6-10-21(13-18)17-30-22-12-11-20(14-23(22)29-2)15-24-25(28)27(26(31)32-24)16-19-8-4-3-5-9-19/h3-15H,16-17H2,1-2H3/b24-15-. The molecule has 0 atom stereocenters. The van der Waals surface area contributed by atoms with Crippen molar-refractivity contribution < 1.29 is 14.3 Å². The molecule has 0 radical (unpaired) electrons. The Morgan fingerprint density at radius 1 is 0.969 bits per heavy atom. The highest BCUT2D eigenvalue weighted by atomic mass is 32.2. The number of nitrogens with zero attached hydrogens (tertiary/aromatic N) is 1. The maximum Gasteiger partial charge on any atom is 0.266 e. The first-order valence-electron chi connectivity index (χ1n) is 10.2. The zero-order valence-corrected chi connectivity index (χ0v) is 19.5. The Labute approximate surface area is 197 Å². The van der Waals surface area contributed by atoms with Crippen molar-refractivity contribution in [3.05, 3.63) is 100.0 Å². The van der Waals surface area contributed by atoms with Crippen molar-refractivity contribution in [2.45, 2.75) is 20.1 Å². The molecular formula is C26H23NO3S2. The molecule has 3 aromatic rings. The molecule has 0 spiro atoms. The Morgan fingerprint density at radius 3 is 2.50 bits per heavy atom. The van der Waals surface area contributed by atoms with E-state index < -0.39 is 0 Å². The number of methoxy groups -OCH3 is 1. The van der Waals surface area contributed by atoms with Gasteiger partial charge in [0, 0.05) is 0 Å². The summed E-state index contributed by atoms with van der Waals surface area (Å²) in [6.07, 6.45) is 1.84. The van der Waals surface area contributed by atoms with Gasteiger partial charge in [-0.25, -0.2) is 0 Å². The summed E-state index contributed by atoms with van der Waals surface area (Å²) in [5, 5.41) is 0. The minimum atomic E-state index is -0.0809. The molecule has 162 valence electrons. The highest BCUT2D eigenvalue weighted by Crippen LogP contribution is 2.35. The summed E-state index contributed by atoms with van der Waals surface area (Å²) in [5.41, 5.74) is 4.18. The summed E-state index contributed by atoms with van der Waals surface area (Å²) in [4.78, 5) is 15.2. The van der Waals surface area contributed by atoms with Gasteiger partial charge in [-0.1, -0.05) is 90.2 Å². The normalized spacial score (nSPS) is 14.8. The lowest BCUT2D eigenvalue weighted by atomic mass is 10.1. The molecule has 1 aliphatic heterocycles. The van der Waals surface area contributed by atoms with Gasteiger partial charge >= 0.3 is 0 Å². The summed E-state index contributed by atoms with van der Waals surface area (Å²) in [5.74, 6) is 1.19. The van der Waals surface area contributed by atoms with Crippen molar-refractivity contribution in [2.75, 3.05) is 7.11 Å². The maximum atomic E-state index is 12.9. The highest BCUT2D eigenvalue weighted by Gasteiger charge is 2.32. The summed E-state index contributed by atoms with van der Waals surface area (Å²) in [6, 6.07) is 23.7. The van der Waals surface area contributed by atoms with Crippen LogP contribution in [0.15, 0.2) is 77.7 Å². The Bertz CT molecular complexity index is 1170. The number of carbonyl (C=O) groups is 1. The van der Waals surface area contributed by atoms with E-state index in [1.165, 1.54) is 17.3 Å². The molecule has 1 heterocycles. The van der Waals surface area contributed by atoms with Crippen molar-refractivity contribution in [3.63, 3.8) is 0 Å². The van der Waals surface area contributed by atoms with E-state index in [2.05, 4.69) is 19.1 Å². The van der Waals surface area contributed by atoms with E-state index in [9.17, 15) is 4.79 Å².